The van der Waals surface area contributed by atoms with E-state index in [1.165, 1.54) is 0 Å². The summed E-state index contributed by atoms with van der Waals surface area (Å²) in [5.74, 6) is -0.583. The van der Waals surface area contributed by atoms with Gasteiger partial charge in [-0.05, 0) is 124 Å². The van der Waals surface area contributed by atoms with Crippen LogP contribution in [0.2, 0.25) is 0 Å². The lowest BCUT2D eigenvalue weighted by molar-refractivity contribution is -0.147. The van der Waals surface area contributed by atoms with Crippen molar-refractivity contribution >= 4 is 118 Å². The van der Waals surface area contributed by atoms with Gasteiger partial charge in [0.25, 0.3) is 0 Å². The molecule has 428 valence electrons. The van der Waals surface area contributed by atoms with E-state index in [2.05, 4.69) is 71.7 Å². The molecule has 0 saturated carbocycles. The number of nitrogens with zero attached hydrogens (tertiary/aromatic N) is 4. The van der Waals surface area contributed by atoms with Gasteiger partial charge < -0.3 is 51.5 Å². The normalized spacial score (nSPS) is 29.7. The van der Waals surface area contributed by atoms with Crippen molar-refractivity contribution in [1.82, 2.24) is 51.5 Å². The molecule has 2 unspecified atom stereocenters. The highest BCUT2D eigenvalue weighted by Gasteiger charge is 2.57. The lowest BCUT2D eigenvalue weighted by Gasteiger charge is -2.43. The predicted octanol–water partition coefficient (Wildman–Crippen LogP) is 5.31. The summed E-state index contributed by atoms with van der Waals surface area (Å²) in [6.45, 7) is 13.4. The van der Waals surface area contributed by atoms with Gasteiger partial charge in [0.1, 0.15) is 24.2 Å². The third-order valence-corrected chi connectivity index (χ3v) is 21.0. The highest BCUT2D eigenvalue weighted by molar-refractivity contribution is 8.00. The van der Waals surface area contributed by atoms with Gasteiger partial charge in [0.15, 0.2) is 0 Å². The first kappa shape index (κ1) is 61.9. The highest BCUT2D eigenvalue weighted by atomic mass is 35.5. The molecule has 6 N–H and O–H groups in total. The van der Waals surface area contributed by atoms with Gasteiger partial charge in [-0.15, -0.1) is 48.3 Å². The Bertz CT molecular complexity index is 2430. The second-order valence-corrected chi connectivity index (χ2v) is 26.8. The molecular formula is C56H80Cl2N10O6S4. The molecular weight excluding hydrogens is 1110 g/mol. The molecule has 6 amide bonds. The number of piperazine rings is 1. The molecule has 22 heteroatoms. The van der Waals surface area contributed by atoms with E-state index in [1.807, 2.05) is 74.1 Å². The average Bonchev–Trinajstić information content (AvgIpc) is 3.75. The molecule has 0 spiro atoms. The van der Waals surface area contributed by atoms with Crippen molar-refractivity contribution in [1.29, 1.82) is 0 Å². The van der Waals surface area contributed by atoms with Gasteiger partial charge in [0, 0.05) is 26.2 Å². The van der Waals surface area contributed by atoms with E-state index in [4.69, 9.17) is 24.4 Å². The van der Waals surface area contributed by atoms with Crippen molar-refractivity contribution < 1.29 is 28.8 Å². The number of likely N-dealkylation sites (N-methyl/N-ethyl adjacent to an activating group) is 2. The van der Waals surface area contributed by atoms with Crippen LogP contribution < -0.4 is 31.9 Å². The first-order valence-corrected chi connectivity index (χ1v) is 30.3. The second kappa shape index (κ2) is 25.6. The molecule has 7 aliphatic rings. The maximum atomic E-state index is 15.0. The van der Waals surface area contributed by atoms with Crippen LogP contribution in [-0.4, -0.2) is 164 Å². The Morgan fingerprint density at radius 2 is 0.936 bits per heavy atom. The Kier molecular flexibility index (Phi) is 20.3. The monoisotopic (exact) mass is 1190 g/mol. The molecule has 2 aromatic carbocycles. The smallest absolute Gasteiger partial charge is 0.246 e. The van der Waals surface area contributed by atoms with Crippen LogP contribution in [0.3, 0.4) is 0 Å². The highest BCUT2D eigenvalue weighted by Crippen LogP contribution is 2.49. The second-order valence-electron chi connectivity index (χ2n) is 23.4. The van der Waals surface area contributed by atoms with Crippen LogP contribution in [-0.2, 0) is 41.6 Å². The van der Waals surface area contributed by atoms with Crippen LogP contribution in [0.5, 0.6) is 0 Å². The molecule has 12 atom stereocenters. The molecule has 2 aromatic rings. The number of benzene rings is 2. The van der Waals surface area contributed by atoms with E-state index >= 15 is 9.59 Å². The largest absolute Gasteiger partial charge is 0.367 e. The molecule has 5 aliphatic heterocycles. The standard InChI is InChI=1S/C56H78N10O6S4.2ClH/c1-31(57-7)49(73)59-39-21-27-75-41-29-55(3,4)45(65(41)53(39)71)47(67)61-43-35-15-11-9-13-33(35)17-19-37(43)51(69)63-23-25-64(26-24-63)52(70)38-20-18-34-14-10-12-16-36(34)44(38)62-48(68)46-56(5,6)30-42-66(46)54(72)40(22-28-76-42)60-50(74)32(2)58-8;;/h9-16,31-32,37-46,57-58H,17-30H2,1-8H3,(H,59,73)(H,60,74)(H,61,67)(H,62,68);2*1H/t31?,32?,37-,38-,39+,40+,41+,42+,43+,44+,45-,46-;;/m1../s1. The van der Waals surface area contributed by atoms with Crippen LogP contribution in [0, 0.1) is 22.7 Å². The summed E-state index contributed by atoms with van der Waals surface area (Å²) in [4.78, 5) is 97.3. The molecule has 5 heterocycles. The molecule has 2 aliphatic carbocycles. The maximum absolute atomic E-state index is 15.0. The molecule has 0 aromatic heterocycles. The van der Waals surface area contributed by atoms with Crippen LogP contribution in [0.15, 0.2) is 48.5 Å². The number of fused-ring (bicyclic) bond motifs is 4. The van der Waals surface area contributed by atoms with E-state index < -0.39 is 58.9 Å². The third kappa shape index (κ3) is 12.4. The zero-order valence-electron chi connectivity index (χ0n) is 46.1. The van der Waals surface area contributed by atoms with Gasteiger partial charge >= 0.3 is 0 Å². The Labute approximate surface area is 492 Å². The number of aryl methyl sites for hydroxylation is 2. The van der Waals surface area contributed by atoms with Crippen LogP contribution in [0.25, 0.3) is 0 Å². The Hall–Kier alpha value is -3.76. The average molecular weight is 1190 g/mol. The zero-order valence-corrected chi connectivity index (χ0v) is 51.0. The number of carbonyl (C=O) groups excluding carboxylic acids is 6. The fraction of sp³-hybridized carbons (Fsp3) is 0.643. The first-order valence-electron chi connectivity index (χ1n) is 27.4. The summed E-state index contributed by atoms with van der Waals surface area (Å²) in [6, 6.07) is 11.8. The van der Waals surface area contributed by atoms with Gasteiger partial charge in [-0.3, -0.25) is 28.8 Å². The summed E-state index contributed by atoms with van der Waals surface area (Å²) >= 11 is 14.7. The zero-order chi connectivity index (χ0) is 54.4. The van der Waals surface area contributed by atoms with E-state index in [1.54, 1.807) is 33.3 Å². The van der Waals surface area contributed by atoms with Gasteiger partial charge in [-0.1, -0.05) is 101 Å². The Balaban J connectivity index is 0.00000441. The van der Waals surface area contributed by atoms with E-state index in [9.17, 15) is 19.2 Å². The minimum absolute atomic E-state index is 0. The lowest BCUT2D eigenvalue weighted by atomic mass is 9.77. The number of rotatable bonds is 12. The third-order valence-electron chi connectivity index (χ3n) is 17.5. The summed E-state index contributed by atoms with van der Waals surface area (Å²) in [5, 5.41) is 19.3. The minimum atomic E-state index is -0.765. The van der Waals surface area contributed by atoms with Crippen molar-refractivity contribution in [3.05, 3.63) is 70.8 Å². The van der Waals surface area contributed by atoms with E-state index in [0.717, 1.165) is 33.8 Å². The molecule has 0 bridgehead atoms. The van der Waals surface area contributed by atoms with Crippen molar-refractivity contribution in [2.24, 2.45) is 22.7 Å². The molecule has 5 saturated heterocycles. The molecule has 16 nitrogen and oxygen atoms in total. The molecule has 78 heavy (non-hydrogen) atoms. The van der Waals surface area contributed by atoms with Crippen molar-refractivity contribution in [2.45, 2.75) is 152 Å². The maximum Gasteiger partial charge on any atom is 0.246 e. The minimum Gasteiger partial charge on any atom is -0.367 e. The van der Waals surface area contributed by atoms with Crippen molar-refractivity contribution in [3.8, 4) is 0 Å². The molecule has 5 fully saturated rings. The lowest BCUT2D eigenvalue weighted by Crippen LogP contribution is -2.59. The van der Waals surface area contributed by atoms with E-state index in [0.29, 0.717) is 87.5 Å². The number of nitrogens with one attached hydrogen (secondary N) is 6. The van der Waals surface area contributed by atoms with Gasteiger partial charge in [-0.2, -0.15) is 0 Å². The quantitative estimate of drug-likeness (QED) is 0.150. The van der Waals surface area contributed by atoms with Crippen LogP contribution >= 0.6 is 72.8 Å². The fourth-order valence-electron chi connectivity index (χ4n) is 13.0. The molecule has 9 rings (SSSR count). The number of thiocarbonyl (C=S) groups is 2. The fourth-order valence-corrected chi connectivity index (χ4v) is 16.7. The van der Waals surface area contributed by atoms with Gasteiger partial charge in [0.05, 0.1) is 56.7 Å². The summed E-state index contributed by atoms with van der Waals surface area (Å²) in [7, 11) is 3.65. The van der Waals surface area contributed by atoms with Crippen LogP contribution in [0.1, 0.15) is 114 Å². The number of thioether (sulfide) groups is 2. The Morgan fingerprint density at radius 1 is 0.577 bits per heavy atom. The predicted molar refractivity (Wildman–Crippen MR) is 322 cm³/mol. The summed E-state index contributed by atoms with van der Waals surface area (Å²) < 4.78 is 0. The van der Waals surface area contributed by atoms with Crippen molar-refractivity contribution in [3.63, 3.8) is 0 Å². The SMILES string of the molecule is CNC(C)C(=S)N[C@H]1CCS[C@H]2CC(C)(C)[C@@H](C(=O)N[C@H]3c4ccccc4CC[C@H]3C(=O)N3CCN(C(=O)[C@@H]4CCc5ccccc5[C@@H]4NC(=O)[C@H]4N5C(=O)[C@@H](NC(=S)C(C)NC)CCS[C@H]5CC4(C)C)CC3)N2C1=O.Cl.Cl. The Morgan fingerprint density at radius 3 is 1.29 bits per heavy atom. The number of amides is 6. The van der Waals surface area contributed by atoms with Crippen LogP contribution in [0.4, 0.5) is 0 Å². The van der Waals surface area contributed by atoms with Gasteiger partial charge in [-0.25, -0.2) is 0 Å². The van der Waals surface area contributed by atoms with Gasteiger partial charge in [0.2, 0.25) is 35.4 Å². The molecule has 0 radical (unpaired) electrons. The van der Waals surface area contributed by atoms with E-state index in [-0.39, 0.29) is 83.1 Å². The first-order chi connectivity index (χ1) is 36.2. The summed E-state index contributed by atoms with van der Waals surface area (Å²) in [5.41, 5.74) is 2.89. The topological polar surface area (TPSA) is 188 Å². The van der Waals surface area contributed by atoms with Crippen molar-refractivity contribution in [2.75, 3.05) is 51.8 Å². The number of carbonyl (C=O) groups is 6. The summed E-state index contributed by atoms with van der Waals surface area (Å²) in [6.07, 6.45) is 4.91. The number of hydrogen-bond donors (Lipinski definition) is 6. The number of hydrogen-bond acceptors (Lipinski definition) is 12. The number of halogens is 2.